The van der Waals surface area contributed by atoms with Gasteiger partial charge in [0, 0.05) is 76.7 Å². The van der Waals surface area contributed by atoms with Crippen LogP contribution in [0.3, 0.4) is 0 Å². The van der Waals surface area contributed by atoms with Gasteiger partial charge in [0.25, 0.3) is 0 Å². The van der Waals surface area contributed by atoms with Crippen molar-refractivity contribution in [2.75, 3.05) is 39.3 Å². The van der Waals surface area contributed by atoms with Crippen LogP contribution in [0.5, 0.6) is 17.2 Å². The molecule has 0 aliphatic heterocycles. The van der Waals surface area contributed by atoms with Crippen molar-refractivity contribution in [2.45, 2.75) is 38.5 Å². The second-order valence-corrected chi connectivity index (χ2v) is 10.2. The summed E-state index contributed by atoms with van der Waals surface area (Å²) in [4.78, 5) is 79.9. The lowest BCUT2D eigenvalue weighted by atomic mass is 10.2. The van der Waals surface area contributed by atoms with Gasteiger partial charge in [-0.2, -0.15) is 0 Å². The molecule has 3 amide bonds. The van der Waals surface area contributed by atoms with Crippen LogP contribution in [0.15, 0.2) is 94.1 Å². The first-order valence-corrected chi connectivity index (χ1v) is 15.3. The second-order valence-electron chi connectivity index (χ2n) is 10.2. The molecule has 1 rings (SSSR count). The monoisotopic (exact) mass is 663 g/mol. The fourth-order valence-corrected chi connectivity index (χ4v) is 4.14. The number of benzene rings is 1. The minimum Gasteiger partial charge on any atom is -0.426 e. The highest BCUT2D eigenvalue weighted by atomic mass is 16.6. The fourth-order valence-electron chi connectivity index (χ4n) is 4.14. The number of hydrogen-bond acceptors (Lipinski definition) is 9. The van der Waals surface area contributed by atoms with Crippen molar-refractivity contribution in [2.24, 2.45) is 0 Å². The van der Waals surface area contributed by atoms with Crippen LogP contribution in [0.2, 0.25) is 0 Å². The van der Waals surface area contributed by atoms with Crippen LogP contribution in [-0.2, 0) is 28.8 Å². The molecule has 0 heterocycles. The smallest absolute Gasteiger partial charge is 0.311 e. The molecular formula is C36H45N3O9. The lowest BCUT2D eigenvalue weighted by Crippen LogP contribution is -2.31. The number of ether oxygens (including phenoxy) is 3. The summed E-state index contributed by atoms with van der Waals surface area (Å²) in [6.45, 7) is 23.4. The second kappa shape index (κ2) is 22.9. The van der Waals surface area contributed by atoms with Crippen molar-refractivity contribution in [3.63, 3.8) is 0 Å². The molecule has 0 spiro atoms. The van der Waals surface area contributed by atoms with Crippen LogP contribution in [0.4, 0.5) is 0 Å². The summed E-state index contributed by atoms with van der Waals surface area (Å²) in [5.41, 5.74) is 0. The molecule has 1 aromatic carbocycles. The average molecular weight is 664 g/mol. The highest BCUT2D eigenvalue weighted by Crippen LogP contribution is 2.29. The molecular weight excluding hydrogens is 618 g/mol. The number of amides is 3. The van der Waals surface area contributed by atoms with Crippen LogP contribution >= 0.6 is 0 Å². The molecule has 1 aromatic rings. The maximum absolute atomic E-state index is 12.7. The van der Waals surface area contributed by atoms with Crippen LogP contribution in [0, 0.1) is 0 Å². The molecule has 0 bridgehead atoms. The molecule has 0 N–H and O–H groups in total. The zero-order valence-electron chi connectivity index (χ0n) is 27.4. The molecule has 0 aliphatic carbocycles. The topological polar surface area (TPSA) is 140 Å². The number of esters is 3. The third kappa shape index (κ3) is 15.7. The summed E-state index contributed by atoms with van der Waals surface area (Å²) in [5, 5.41) is 0. The zero-order chi connectivity index (χ0) is 35.9. The SMILES string of the molecule is C=CCN(CC=C)C(=O)CCC(=O)Oc1cc(OC(=O)CCC(=O)N(CC=C)CC=C)cc(OC(=O)CCC(=O)N(CC=C)CC=C)c1. The standard InChI is InChI=1S/C36H45N3O9/c1-7-19-37(20-8-2)31(40)13-16-34(43)46-28-25-29(47-35(44)17-14-32(41)38(21-9-3)22-10-4)27-30(26-28)48-36(45)18-15-33(42)39(23-11-5)24-12-6/h7-12,25-27H,1-6,13-24H2. The van der Waals surface area contributed by atoms with Crippen LogP contribution in [0.25, 0.3) is 0 Å². The van der Waals surface area contributed by atoms with Crippen molar-refractivity contribution in [1.82, 2.24) is 14.7 Å². The lowest BCUT2D eigenvalue weighted by molar-refractivity contribution is -0.139. The number of hydrogen-bond donors (Lipinski definition) is 0. The molecule has 0 unspecified atom stereocenters. The third-order valence-electron chi connectivity index (χ3n) is 6.33. The highest BCUT2D eigenvalue weighted by molar-refractivity contribution is 5.84. The van der Waals surface area contributed by atoms with Gasteiger partial charge in [-0.3, -0.25) is 28.8 Å². The summed E-state index contributed by atoms with van der Waals surface area (Å²) in [7, 11) is 0. The summed E-state index contributed by atoms with van der Waals surface area (Å²) in [6, 6.07) is 3.69. The summed E-state index contributed by atoms with van der Waals surface area (Å²) in [5.74, 6) is -3.65. The van der Waals surface area contributed by atoms with E-state index in [0.717, 1.165) is 0 Å². The molecule has 0 fully saturated rings. The Morgan fingerprint density at radius 2 is 0.625 bits per heavy atom. The van der Waals surface area contributed by atoms with E-state index in [2.05, 4.69) is 39.5 Å². The van der Waals surface area contributed by atoms with Crippen molar-refractivity contribution in [3.05, 3.63) is 94.1 Å². The predicted octanol–water partition coefficient (Wildman–Crippen LogP) is 4.35. The van der Waals surface area contributed by atoms with Gasteiger partial charge < -0.3 is 28.9 Å². The van der Waals surface area contributed by atoms with Gasteiger partial charge in [0.1, 0.15) is 17.2 Å². The number of nitrogens with zero attached hydrogens (tertiary/aromatic N) is 3. The van der Waals surface area contributed by atoms with Gasteiger partial charge in [-0.25, -0.2) is 0 Å². The molecule has 48 heavy (non-hydrogen) atoms. The number of carbonyl (C=O) groups excluding carboxylic acids is 6. The maximum atomic E-state index is 12.7. The highest BCUT2D eigenvalue weighted by Gasteiger charge is 2.19. The van der Waals surface area contributed by atoms with Crippen molar-refractivity contribution in [1.29, 1.82) is 0 Å². The number of rotatable bonds is 24. The van der Waals surface area contributed by atoms with E-state index in [1.54, 1.807) is 36.5 Å². The van der Waals surface area contributed by atoms with Gasteiger partial charge in [-0.05, 0) is 0 Å². The van der Waals surface area contributed by atoms with Crippen molar-refractivity contribution in [3.8, 4) is 17.2 Å². The first-order valence-electron chi connectivity index (χ1n) is 15.3. The van der Waals surface area contributed by atoms with E-state index in [9.17, 15) is 28.8 Å². The Hall–Kier alpha value is -5.52. The summed E-state index contributed by atoms with van der Waals surface area (Å²) < 4.78 is 16.2. The molecule has 0 atom stereocenters. The van der Waals surface area contributed by atoms with Crippen LogP contribution < -0.4 is 14.2 Å². The zero-order valence-corrected chi connectivity index (χ0v) is 27.4. The Kier molecular flexibility index (Phi) is 19.3. The van der Waals surface area contributed by atoms with Gasteiger partial charge in [0.05, 0.1) is 19.3 Å². The predicted molar refractivity (Wildman–Crippen MR) is 182 cm³/mol. The molecule has 0 saturated heterocycles. The number of carbonyl (C=O) groups is 6. The normalized spacial score (nSPS) is 10.0. The quantitative estimate of drug-likeness (QED) is 0.0898. The molecule has 0 saturated carbocycles. The van der Waals surface area contributed by atoms with E-state index < -0.39 is 17.9 Å². The lowest BCUT2D eigenvalue weighted by Gasteiger charge is -2.19. The Labute approximate surface area is 282 Å². The van der Waals surface area contributed by atoms with Gasteiger partial charge in [0.15, 0.2) is 0 Å². The Morgan fingerprint density at radius 3 is 0.812 bits per heavy atom. The van der Waals surface area contributed by atoms with E-state index in [4.69, 9.17) is 14.2 Å². The third-order valence-corrected chi connectivity index (χ3v) is 6.33. The average Bonchev–Trinajstić information content (AvgIpc) is 3.04. The first-order chi connectivity index (χ1) is 23.0. The van der Waals surface area contributed by atoms with E-state index in [1.807, 2.05) is 0 Å². The Balaban J connectivity index is 3.08. The van der Waals surface area contributed by atoms with Crippen molar-refractivity contribution >= 4 is 35.6 Å². The largest absolute Gasteiger partial charge is 0.426 e. The maximum Gasteiger partial charge on any atom is 0.311 e. The molecule has 0 aliphatic rings. The van der Waals surface area contributed by atoms with Gasteiger partial charge in [-0.15, -0.1) is 39.5 Å². The minimum absolute atomic E-state index is 0.131. The van der Waals surface area contributed by atoms with E-state index in [-0.39, 0.29) is 113 Å². The van der Waals surface area contributed by atoms with Gasteiger partial charge in [0.2, 0.25) is 17.7 Å². The summed E-state index contributed by atoms with van der Waals surface area (Å²) in [6.07, 6.45) is 8.05. The van der Waals surface area contributed by atoms with Gasteiger partial charge >= 0.3 is 17.9 Å². The van der Waals surface area contributed by atoms with E-state index in [0.29, 0.717) is 0 Å². The van der Waals surface area contributed by atoms with Crippen LogP contribution in [0.1, 0.15) is 38.5 Å². The molecule has 0 aromatic heterocycles. The summed E-state index contributed by atoms with van der Waals surface area (Å²) >= 11 is 0. The van der Waals surface area contributed by atoms with Crippen molar-refractivity contribution < 1.29 is 43.0 Å². The van der Waals surface area contributed by atoms with E-state index >= 15 is 0 Å². The molecule has 12 heteroatoms. The minimum atomic E-state index is -0.772. The van der Waals surface area contributed by atoms with E-state index in [1.165, 1.54) is 32.9 Å². The Bertz CT molecular complexity index is 1160. The molecule has 258 valence electrons. The molecule has 0 radical (unpaired) electrons. The fraction of sp³-hybridized carbons (Fsp3) is 0.333. The molecule has 12 nitrogen and oxygen atoms in total. The first kappa shape index (κ1) is 40.5. The van der Waals surface area contributed by atoms with Gasteiger partial charge in [-0.1, -0.05) is 36.5 Å². The van der Waals surface area contributed by atoms with Crippen LogP contribution in [-0.4, -0.2) is 89.6 Å². The Morgan fingerprint density at radius 1 is 0.417 bits per heavy atom.